The Labute approximate surface area is 69.8 Å². The Kier molecular flexibility index (Phi) is 1.48. The first-order valence-corrected chi connectivity index (χ1v) is 3.99. The zero-order valence-electron chi connectivity index (χ0n) is 6.83. The van der Waals surface area contributed by atoms with Crippen molar-refractivity contribution in [2.45, 2.75) is 25.9 Å². The van der Waals surface area contributed by atoms with Crippen molar-refractivity contribution in [1.82, 2.24) is 0 Å². The van der Waals surface area contributed by atoms with Gasteiger partial charge in [-0.3, -0.25) is 9.59 Å². The molecule has 0 amide bonds. The van der Waals surface area contributed by atoms with Crippen molar-refractivity contribution >= 4 is 11.9 Å². The molecule has 2 fully saturated rings. The van der Waals surface area contributed by atoms with Crippen molar-refractivity contribution in [1.29, 1.82) is 0 Å². The molecule has 2 heterocycles. The predicted molar refractivity (Wildman–Crippen MR) is 38.2 cm³/mol. The van der Waals surface area contributed by atoms with Crippen LogP contribution in [0, 0.1) is 5.41 Å². The van der Waals surface area contributed by atoms with Gasteiger partial charge in [-0.2, -0.15) is 0 Å². The highest BCUT2D eigenvalue weighted by molar-refractivity contribution is 5.97. The molecule has 2 rings (SSSR count). The fourth-order valence-corrected chi connectivity index (χ4v) is 1.83. The highest BCUT2D eigenvalue weighted by Gasteiger charge is 2.53. The summed E-state index contributed by atoms with van der Waals surface area (Å²) in [5.74, 6) is -0.824. The smallest absolute Gasteiger partial charge is 0.322 e. The Hall–Kier alpha value is -0.900. The first kappa shape index (κ1) is 7.73. The molecule has 2 aliphatic rings. The topological polar surface area (TPSA) is 52.6 Å². The summed E-state index contributed by atoms with van der Waals surface area (Å²) in [7, 11) is 0. The standard InChI is InChI=1S/C8H10O4/c1-5-2-8(4-11-5)3-6(9)12-7(8)10/h5H,2-4H2,1H3. The van der Waals surface area contributed by atoms with Gasteiger partial charge in [0.15, 0.2) is 0 Å². The van der Waals surface area contributed by atoms with E-state index in [1.807, 2.05) is 6.92 Å². The molecule has 0 saturated carbocycles. The quantitative estimate of drug-likeness (QED) is 0.386. The van der Waals surface area contributed by atoms with Crippen LogP contribution in [-0.4, -0.2) is 24.6 Å². The zero-order valence-corrected chi connectivity index (χ0v) is 6.83. The summed E-state index contributed by atoms with van der Waals surface area (Å²) in [6, 6.07) is 0. The van der Waals surface area contributed by atoms with Gasteiger partial charge in [0, 0.05) is 0 Å². The third kappa shape index (κ3) is 0.948. The van der Waals surface area contributed by atoms with E-state index < -0.39 is 17.4 Å². The van der Waals surface area contributed by atoms with Gasteiger partial charge in [-0.25, -0.2) is 0 Å². The Morgan fingerprint density at radius 2 is 2.25 bits per heavy atom. The van der Waals surface area contributed by atoms with Crippen molar-refractivity contribution in [3.05, 3.63) is 0 Å². The number of rotatable bonds is 0. The van der Waals surface area contributed by atoms with E-state index in [2.05, 4.69) is 4.74 Å². The highest BCUT2D eigenvalue weighted by atomic mass is 16.6. The maximum Gasteiger partial charge on any atom is 0.322 e. The Balaban J connectivity index is 2.22. The van der Waals surface area contributed by atoms with E-state index in [9.17, 15) is 9.59 Å². The molecule has 2 atom stereocenters. The molecule has 4 heteroatoms. The van der Waals surface area contributed by atoms with Crippen molar-refractivity contribution in [3.63, 3.8) is 0 Å². The van der Waals surface area contributed by atoms with Crippen LogP contribution in [-0.2, 0) is 19.1 Å². The number of ether oxygens (including phenoxy) is 2. The second-order valence-corrected chi connectivity index (χ2v) is 3.54. The van der Waals surface area contributed by atoms with Crippen LogP contribution in [0.25, 0.3) is 0 Å². The summed E-state index contributed by atoms with van der Waals surface area (Å²) >= 11 is 0. The summed E-state index contributed by atoms with van der Waals surface area (Å²) < 4.78 is 9.75. The molecule has 0 aromatic rings. The van der Waals surface area contributed by atoms with Gasteiger partial charge in [-0.05, 0) is 13.3 Å². The zero-order chi connectivity index (χ0) is 8.77. The molecule has 2 unspecified atom stereocenters. The third-order valence-electron chi connectivity index (χ3n) is 2.44. The molecule has 66 valence electrons. The fraction of sp³-hybridized carbons (Fsp3) is 0.750. The second kappa shape index (κ2) is 2.29. The summed E-state index contributed by atoms with van der Waals surface area (Å²) in [5, 5.41) is 0. The van der Waals surface area contributed by atoms with Crippen LogP contribution >= 0.6 is 0 Å². The van der Waals surface area contributed by atoms with Gasteiger partial charge in [0.25, 0.3) is 0 Å². The number of esters is 2. The van der Waals surface area contributed by atoms with E-state index >= 15 is 0 Å². The normalized spacial score (nSPS) is 40.9. The summed E-state index contributed by atoms with van der Waals surface area (Å²) in [6.07, 6.45) is 0.858. The van der Waals surface area contributed by atoms with E-state index in [1.54, 1.807) is 0 Å². The molecule has 0 bridgehead atoms. The predicted octanol–water partition coefficient (Wildman–Crippen LogP) is 0.255. The minimum Gasteiger partial charge on any atom is -0.393 e. The molecule has 12 heavy (non-hydrogen) atoms. The Morgan fingerprint density at radius 1 is 1.50 bits per heavy atom. The minimum atomic E-state index is -0.642. The summed E-state index contributed by atoms with van der Waals surface area (Å²) in [5.41, 5.74) is -0.642. The number of carbonyl (C=O) groups excluding carboxylic acids is 2. The molecule has 0 radical (unpaired) electrons. The molecular formula is C8H10O4. The van der Waals surface area contributed by atoms with Crippen LogP contribution in [0.3, 0.4) is 0 Å². The van der Waals surface area contributed by atoms with Crippen LogP contribution in [0.5, 0.6) is 0 Å². The van der Waals surface area contributed by atoms with Crippen LogP contribution in [0.15, 0.2) is 0 Å². The van der Waals surface area contributed by atoms with Gasteiger partial charge in [-0.1, -0.05) is 0 Å². The molecule has 0 N–H and O–H groups in total. The first-order valence-electron chi connectivity index (χ1n) is 3.99. The second-order valence-electron chi connectivity index (χ2n) is 3.54. The summed E-state index contributed by atoms with van der Waals surface area (Å²) in [4.78, 5) is 22.1. The molecule has 2 saturated heterocycles. The van der Waals surface area contributed by atoms with E-state index in [0.717, 1.165) is 0 Å². The lowest BCUT2D eigenvalue weighted by atomic mass is 9.84. The van der Waals surface area contributed by atoms with Gasteiger partial charge in [0.1, 0.15) is 5.41 Å². The van der Waals surface area contributed by atoms with Gasteiger partial charge >= 0.3 is 11.9 Å². The Bertz CT molecular complexity index is 247. The number of carbonyl (C=O) groups is 2. The highest BCUT2D eigenvalue weighted by Crippen LogP contribution is 2.41. The van der Waals surface area contributed by atoms with Crippen molar-refractivity contribution in [2.75, 3.05) is 6.61 Å². The Morgan fingerprint density at radius 3 is 2.67 bits per heavy atom. The van der Waals surface area contributed by atoms with E-state index in [4.69, 9.17) is 4.74 Å². The maximum atomic E-state index is 11.2. The van der Waals surface area contributed by atoms with Crippen LogP contribution in [0.4, 0.5) is 0 Å². The lowest BCUT2D eigenvalue weighted by Gasteiger charge is -2.12. The van der Waals surface area contributed by atoms with Crippen molar-refractivity contribution < 1.29 is 19.1 Å². The van der Waals surface area contributed by atoms with E-state index in [1.165, 1.54) is 0 Å². The molecular weight excluding hydrogens is 160 g/mol. The SMILES string of the molecule is CC1CC2(CO1)CC(=O)OC2=O. The summed E-state index contributed by atoms with van der Waals surface area (Å²) in [6.45, 7) is 2.23. The first-order chi connectivity index (χ1) is 5.62. The number of cyclic esters (lactones) is 2. The van der Waals surface area contributed by atoms with Gasteiger partial charge in [-0.15, -0.1) is 0 Å². The van der Waals surface area contributed by atoms with Gasteiger partial charge in [0.2, 0.25) is 0 Å². The van der Waals surface area contributed by atoms with Crippen molar-refractivity contribution in [3.8, 4) is 0 Å². The van der Waals surface area contributed by atoms with Crippen LogP contribution in [0.1, 0.15) is 19.8 Å². The average Bonchev–Trinajstić information content (AvgIpc) is 2.43. The monoisotopic (exact) mass is 170 g/mol. The molecule has 2 aliphatic heterocycles. The maximum absolute atomic E-state index is 11.2. The van der Waals surface area contributed by atoms with Gasteiger partial charge < -0.3 is 9.47 Å². The van der Waals surface area contributed by atoms with Crippen LogP contribution in [0.2, 0.25) is 0 Å². The molecule has 0 aromatic carbocycles. The van der Waals surface area contributed by atoms with E-state index in [-0.39, 0.29) is 12.5 Å². The molecule has 1 spiro atoms. The largest absolute Gasteiger partial charge is 0.393 e. The van der Waals surface area contributed by atoms with Crippen molar-refractivity contribution in [2.24, 2.45) is 5.41 Å². The number of hydrogen-bond donors (Lipinski definition) is 0. The lowest BCUT2D eigenvalue weighted by Crippen LogP contribution is -2.26. The molecule has 4 nitrogen and oxygen atoms in total. The lowest BCUT2D eigenvalue weighted by molar-refractivity contribution is -0.155. The minimum absolute atomic E-state index is 0.0587. The fourth-order valence-electron chi connectivity index (χ4n) is 1.83. The van der Waals surface area contributed by atoms with E-state index in [0.29, 0.717) is 13.0 Å². The number of hydrogen-bond acceptors (Lipinski definition) is 4. The van der Waals surface area contributed by atoms with Gasteiger partial charge in [0.05, 0.1) is 19.1 Å². The third-order valence-corrected chi connectivity index (χ3v) is 2.44. The molecule has 0 aliphatic carbocycles. The van der Waals surface area contributed by atoms with Crippen LogP contribution < -0.4 is 0 Å². The molecule has 0 aromatic heterocycles. The average molecular weight is 170 g/mol.